The van der Waals surface area contributed by atoms with Crippen molar-refractivity contribution in [2.45, 2.75) is 6.42 Å². The van der Waals surface area contributed by atoms with E-state index >= 15 is 0 Å². The number of nitrogen functional groups attached to an aromatic ring is 1. The third kappa shape index (κ3) is 6.31. The molecule has 0 amide bonds. The Morgan fingerprint density at radius 3 is 2.45 bits per heavy atom. The Morgan fingerprint density at radius 1 is 1.15 bits per heavy atom. The Kier molecular flexibility index (Phi) is 7.31. The highest BCUT2D eigenvalue weighted by molar-refractivity contribution is 6.07. The van der Waals surface area contributed by atoms with Gasteiger partial charge in [-0.1, -0.05) is 12.1 Å². The SMILES string of the molecule is COCCOCCOC(=O)CC(=N)c1ccc(N)cc1. The predicted molar refractivity (Wildman–Crippen MR) is 76.0 cm³/mol. The zero-order chi connectivity index (χ0) is 14.8. The lowest BCUT2D eigenvalue weighted by atomic mass is 10.1. The topological polar surface area (TPSA) is 94.6 Å². The first-order chi connectivity index (χ1) is 9.63. The molecule has 0 atom stereocenters. The molecule has 0 aliphatic rings. The Morgan fingerprint density at radius 2 is 1.80 bits per heavy atom. The van der Waals surface area contributed by atoms with E-state index < -0.39 is 5.97 Å². The largest absolute Gasteiger partial charge is 0.463 e. The summed E-state index contributed by atoms with van der Waals surface area (Å²) in [6, 6.07) is 6.80. The van der Waals surface area contributed by atoms with Gasteiger partial charge in [0.1, 0.15) is 6.61 Å². The lowest BCUT2D eigenvalue weighted by Gasteiger charge is -2.07. The van der Waals surface area contributed by atoms with Crippen molar-refractivity contribution in [1.82, 2.24) is 0 Å². The Balaban J connectivity index is 2.21. The van der Waals surface area contributed by atoms with Crippen LogP contribution in [0.25, 0.3) is 0 Å². The van der Waals surface area contributed by atoms with Crippen LogP contribution in [-0.4, -0.2) is 45.2 Å². The summed E-state index contributed by atoms with van der Waals surface area (Å²) < 4.78 is 14.9. The van der Waals surface area contributed by atoms with E-state index in [2.05, 4.69) is 0 Å². The number of methoxy groups -OCH3 is 1. The molecule has 1 aromatic rings. The van der Waals surface area contributed by atoms with Gasteiger partial charge in [0.2, 0.25) is 0 Å². The molecule has 1 rings (SSSR count). The molecule has 0 fully saturated rings. The van der Waals surface area contributed by atoms with Crippen LogP contribution in [0.2, 0.25) is 0 Å². The second kappa shape index (κ2) is 9.06. The van der Waals surface area contributed by atoms with E-state index in [-0.39, 0.29) is 18.7 Å². The molecule has 0 aliphatic heterocycles. The molecule has 0 bridgehead atoms. The smallest absolute Gasteiger partial charge is 0.311 e. The van der Waals surface area contributed by atoms with Crippen LogP contribution in [0.3, 0.4) is 0 Å². The van der Waals surface area contributed by atoms with E-state index in [0.717, 1.165) is 0 Å². The van der Waals surface area contributed by atoms with Crippen LogP contribution >= 0.6 is 0 Å². The maximum absolute atomic E-state index is 11.5. The fourth-order valence-electron chi connectivity index (χ4n) is 1.44. The monoisotopic (exact) mass is 280 g/mol. The van der Waals surface area contributed by atoms with Crippen LogP contribution in [-0.2, 0) is 19.0 Å². The second-order valence-corrected chi connectivity index (χ2v) is 4.10. The van der Waals surface area contributed by atoms with E-state index in [4.69, 9.17) is 25.4 Å². The van der Waals surface area contributed by atoms with Crippen LogP contribution in [0.5, 0.6) is 0 Å². The van der Waals surface area contributed by atoms with E-state index in [1.807, 2.05) is 0 Å². The van der Waals surface area contributed by atoms with Gasteiger partial charge in [0.15, 0.2) is 0 Å². The number of nitrogens with two attached hydrogens (primary N) is 1. The Labute approximate surface area is 118 Å². The maximum atomic E-state index is 11.5. The van der Waals surface area contributed by atoms with Crippen LogP contribution in [0.4, 0.5) is 5.69 Å². The molecular weight excluding hydrogens is 260 g/mol. The number of carbonyl (C=O) groups is 1. The molecule has 0 aliphatic carbocycles. The van der Waals surface area contributed by atoms with Crippen molar-refractivity contribution < 1.29 is 19.0 Å². The second-order valence-electron chi connectivity index (χ2n) is 4.10. The van der Waals surface area contributed by atoms with Gasteiger partial charge in [-0.15, -0.1) is 0 Å². The summed E-state index contributed by atoms with van der Waals surface area (Å²) in [6.07, 6.45) is -0.0675. The highest BCUT2D eigenvalue weighted by atomic mass is 16.6. The highest BCUT2D eigenvalue weighted by Crippen LogP contribution is 2.08. The molecule has 6 nitrogen and oxygen atoms in total. The van der Waals surface area contributed by atoms with E-state index in [1.54, 1.807) is 31.4 Å². The number of benzene rings is 1. The molecule has 0 aromatic heterocycles. The quantitative estimate of drug-likeness (QED) is 0.307. The normalized spacial score (nSPS) is 10.2. The Hall–Kier alpha value is -1.92. The van der Waals surface area contributed by atoms with Crippen molar-refractivity contribution >= 4 is 17.4 Å². The molecule has 110 valence electrons. The molecule has 0 heterocycles. The zero-order valence-electron chi connectivity index (χ0n) is 11.6. The van der Waals surface area contributed by atoms with Gasteiger partial charge < -0.3 is 25.4 Å². The van der Waals surface area contributed by atoms with Crippen molar-refractivity contribution in [2.75, 3.05) is 39.3 Å². The summed E-state index contributed by atoms with van der Waals surface area (Å²) in [5.74, 6) is -0.442. The predicted octanol–water partition coefficient (Wildman–Crippen LogP) is 1.23. The first kappa shape index (κ1) is 16.1. The molecule has 0 saturated carbocycles. The summed E-state index contributed by atoms with van der Waals surface area (Å²) >= 11 is 0. The van der Waals surface area contributed by atoms with Crippen LogP contribution in [0.1, 0.15) is 12.0 Å². The first-order valence-corrected chi connectivity index (χ1v) is 6.29. The summed E-state index contributed by atoms with van der Waals surface area (Å²) in [5.41, 5.74) is 7.05. The lowest BCUT2D eigenvalue weighted by Crippen LogP contribution is -2.15. The van der Waals surface area contributed by atoms with Crippen LogP contribution in [0.15, 0.2) is 24.3 Å². The van der Waals surface area contributed by atoms with Gasteiger partial charge in [-0.25, -0.2) is 0 Å². The molecule has 6 heteroatoms. The van der Waals surface area contributed by atoms with Crippen LogP contribution in [0, 0.1) is 5.41 Å². The van der Waals surface area contributed by atoms with E-state index in [1.165, 1.54) is 0 Å². The number of nitrogens with one attached hydrogen (secondary N) is 1. The van der Waals surface area contributed by atoms with Crippen molar-refractivity contribution in [3.05, 3.63) is 29.8 Å². The van der Waals surface area contributed by atoms with Gasteiger partial charge in [0, 0.05) is 18.5 Å². The number of anilines is 1. The molecule has 0 saturated heterocycles. The van der Waals surface area contributed by atoms with Crippen molar-refractivity contribution in [1.29, 1.82) is 5.41 Å². The van der Waals surface area contributed by atoms with Crippen LogP contribution < -0.4 is 5.73 Å². The maximum Gasteiger partial charge on any atom is 0.311 e. The zero-order valence-corrected chi connectivity index (χ0v) is 11.6. The van der Waals surface area contributed by atoms with Gasteiger partial charge in [0.05, 0.1) is 26.2 Å². The average molecular weight is 280 g/mol. The summed E-state index contributed by atoms with van der Waals surface area (Å²) in [4.78, 5) is 11.5. The highest BCUT2D eigenvalue weighted by Gasteiger charge is 2.09. The van der Waals surface area contributed by atoms with Gasteiger partial charge in [0.25, 0.3) is 0 Å². The summed E-state index contributed by atoms with van der Waals surface area (Å²) in [5, 5.41) is 7.81. The van der Waals surface area contributed by atoms with Gasteiger partial charge in [-0.3, -0.25) is 4.79 Å². The minimum atomic E-state index is -0.442. The number of rotatable bonds is 9. The molecule has 0 spiro atoms. The molecule has 3 N–H and O–H groups in total. The van der Waals surface area contributed by atoms with Gasteiger partial charge in [-0.05, 0) is 17.7 Å². The van der Waals surface area contributed by atoms with Crippen molar-refractivity contribution in [3.63, 3.8) is 0 Å². The minimum Gasteiger partial charge on any atom is -0.463 e. The van der Waals surface area contributed by atoms with Gasteiger partial charge >= 0.3 is 5.97 Å². The fraction of sp³-hybridized carbons (Fsp3) is 0.429. The first-order valence-electron chi connectivity index (χ1n) is 6.29. The molecule has 1 aromatic carbocycles. The molecular formula is C14H20N2O4. The van der Waals surface area contributed by atoms with Crippen molar-refractivity contribution in [2.24, 2.45) is 0 Å². The van der Waals surface area contributed by atoms with Crippen molar-refractivity contribution in [3.8, 4) is 0 Å². The van der Waals surface area contributed by atoms with Gasteiger partial charge in [-0.2, -0.15) is 0 Å². The number of esters is 1. The standard InChI is InChI=1S/C14H20N2O4/c1-18-6-7-19-8-9-20-14(17)10-13(16)11-2-4-12(15)5-3-11/h2-5,16H,6-10,15H2,1H3. The molecule has 0 radical (unpaired) electrons. The Bertz CT molecular complexity index is 431. The average Bonchev–Trinajstić information content (AvgIpc) is 2.43. The van der Waals surface area contributed by atoms with E-state index in [0.29, 0.717) is 31.1 Å². The molecule has 0 unspecified atom stereocenters. The lowest BCUT2D eigenvalue weighted by molar-refractivity contribution is -0.143. The third-order valence-electron chi connectivity index (χ3n) is 2.50. The third-order valence-corrected chi connectivity index (χ3v) is 2.50. The number of carbonyl (C=O) groups excluding carboxylic acids is 1. The summed E-state index contributed by atoms with van der Waals surface area (Å²) in [7, 11) is 1.59. The number of hydrogen-bond acceptors (Lipinski definition) is 6. The summed E-state index contributed by atoms with van der Waals surface area (Å²) in [6.45, 7) is 1.48. The fourth-order valence-corrected chi connectivity index (χ4v) is 1.44. The number of hydrogen-bond donors (Lipinski definition) is 2. The molecule has 20 heavy (non-hydrogen) atoms. The van der Waals surface area contributed by atoms with E-state index in [9.17, 15) is 4.79 Å². The minimum absolute atomic E-state index is 0.0675. The number of ether oxygens (including phenoxy) is 3.